The van der Waals surface area contributed by atoms with Crippen molar-refractivity contribution < 1.29 is 4.42 Å². The Balaban J connectivity index is 1.13. The molecule has 0 fully saturated rings. The molecule has 0 N–H and O–H groups in total. The largest absolute Gasteiger partial charge is 0.456 e. The molecule has 0 saturated carbocycles. The number of para-hydroxylation sites is 2. The highest BCUT2D eigenvalue weighted by Crippen LogP contribution is 2.46. The maximum absolute atomic E-state index is 6.47. The number of pyridine rings is 1. The molecule has 0 radical (unpaired) electrons. The van der Waals surface area contributed by atoms with Crippen LogP contribution in [0.2, 0.25) is 0 Å². The summed E-state index contributed by atoms with van der Waals surface area (Å²) in [4.78, 5) is 2.38. The predicted octanol–water partition coefficient (Wildman–Crippen LogP) is 14.6. The van der Waals surface area contributed by atoms with E-state index in [1.807, 2.05) is 12.1 Å². The summed E-state index contributed by atoms with van der Waals surface area (Å²) in [5.41, 5.74) is 14.5. The molecular formula is C52H34N2O. The second-order valence-electron chi connectivity index (χ2n) is 14.1. The highest BCUT2D eigenvalue weighted by molar-refractivity contribution is 6.17. The summed E-state index contributed by atoms with van der Waals surface area (Å²) >= 11 is 0. The van der Waals surface area contributed by atoms with Gasteiger partial charge in [-0.15, -0.1) is 0 Å². The summed E-state index contributed by atoms with van der Waals surface area (Å²) < 4.78 is 8.86. The zero-order valence-corrected chi connectivity index (χ0v) is 29.9. The number of anilines is 3. The summed E-state index contributed by atoms with van der Waals surface area (Å²) in [6, 6.07) is 71.6. The molecule has 3 aromatic heterocycles. The second-order valence-corrected chi connectivity index (χ2v) is 14.1. The average Bonchev–Trinajstić information content (AvgIpc) is 3.80. The topological polar surface area (TPSA) is 20.8 Å². The van der Waals surface area contributed by atoms with Crippen molar-refractivity contribution in [3.05, 3.63) is 206 Å². The standard InChI is InChI=1S/C52H34N2O/c1-3-13-35(14-4-1)36-23-25-37(26-24-36)38-27-29-40(30-28-38)54(41-31-32-44-43-18-10-12-22-49(43)55-50(44)33-41)48-34-53-47-21-11-9-20-46(47)51(39-15-5-2-6-16-39)52(53)45-19-8-7-17-42(45)48/h1-34H. The molecule has 0 saturated heterocycles. The summed E-state index contributed by atoms with van der Waals surface area (Å²) in [5, 5.41) is 5.82. The molecule has 11 rings (SSSR count). The maximum atomic E-state index is 6.47. The smallest absolute Gasteiger partial charge is 0.137 e. The summed E-state index contributed by atoms with van der Waals surface area (Å²) in [5.74, 6) is 0. The molecule has 0 aliphatic carbocycles. The lowest BCUT2D eigenvalue weighted by Gasteiger charge is -2.27. The van der Waals surface area contributed by atoms with Gasteiger partial charge in [-0.05, 0) is 64.2 Å². The zero-order chi connectivity index (χ0) is 36.3. The first-order valence-corrected chi connectivity index (χ1v) is 18.8. The van der Waals surface area contributed by atoms with Crippen LogP contribution in [-0.4, -0.2) is 4.40 Å². The van der Waals surface area contributed by atoms with Crippen molar-refractivity contribution in [2.75, 3.05) is 4.90 Å². The van der Waals surface area contributed by atoms with E-state index in [9.17, 15) is 0 Å². The number of nitrogens with zero attached hydrogens (tertiary/aromatic N) is 2. The van der Waals surface area contributed by atoms with E-state index in [0.717, 1.165) is 39.0 Å². The van der Waals surface area contributed by atoms with Gasteiger partial charge < -0.3 is 13.7 Å². The highest BCUT2D eigenvalue weighted by atomic mass is 16.3. The first kappa shape index (κ1) is 31.2. The average molecular weight is 703 g/mol. The van der Waals surface area contributed by atoms with Crippen LogP contribution in [0.5, 0.6) is 0 Å². The number of furan rings is 1. The number of hydrogen-bond donors (Lipinski definition) is 0. The van der Waals surface area contributed by atoms with Gasteiger partial charge in [0.25, 0.3) is 0 Å². The Morgan fingerprint density at radius 2 is 0.873 bits per heavy atom. The second kappa shape index (κ2) is 12.6. The summed E-state index contributed by atoms with van der Waals surface area (Å²) in [6.07, 6.45) is 2.32. The van der Waals surface area contributed by atoms with E-state index in [1.165, 1.54) is 60.6 Å². The lowest BCUT2D eigenvalue weighted by Crippen LogP contribution is -2.11. The van der Waals surface area contributed by atoms with Crippen molar-refractivity contribution in [2.24, 2.45) is 0 Å². The molecule has 0 aliphatic heterocycles. The third-order valence-electron chi connectivity index (χ3n) is 11.0. The Morgan fingerprint density at radius 1 is 0.364 bits per heavy atom. The molecule has 0 amide bonds. The van der Waals surface area contributed by atoms with Crippen molar-refractivity contribution in [1.29, 1.82) is 0 Å². The molecule has 0 bridgehead atoms. The van der Waals surface area contributed by atoms with Crippen molar-refractivity contribution >= 4 is 66.2 Å². The Kier molecular flexibility index (Phi) is 7.17. The van der Waals surface area contributed by atoms with Crippen molar-refractivity contribution in [3.8, 4) is 33.4 Å². The van der Waals surface area contributed by atoms with Gasteiger partial charge in [-0.1, -0.05) is 158 Å². The number of benzene rings is 8. The monoisotopic (exact) mass is 702 g/mol. The van der Waals surface area contributed by atoms with Crippen LogP contribution >= 0.6 is 0 Å². The fourth-order valence-electron chi connectivity index (χ4n) is 8.41. The van der Waals surface area contributed by atoms with Crippen LogP contribution in [-0.2, 0) is 0 Å². The molecule has 0 aliphatic rings. The fraction of sp³-hybridized carbons (Fsp3) is 0. The lowest BCUT2D eigenvalue weighted by molar-refractivity contribution is 0.669. The van der Waals surface area contributed by atoms with Crippen LogP contribution in [0.1, 0.15) is 0 Å². The van der Waals surface area contributed by atoms with Gasteiger partial charge in [0.2, 0.25) is 0 Å². The molecule has 3 heteroatoms. The molecular weight excluding hydrogens is 669 g/mol. The van der Waals surface area contributed by atoms with Gasteiger partial charge in [-0.2, -0.15) is 0 Å². The molecule has 258 valence electrons. The van der Waals surface area contributed by atoms with Crippen LogP contribution < -0.4 is 4.90 Å². The SMILES string of the molecule is c1ccc(-c2ccc(-c3ccc(N(c4ccc5c(c4)oc4ccccc45)c4cn5c6ccccc6c(-c6ccccc6)c5c5ccccc45)cc3)cc2)cc1. The molecule has 0 atom stereocenters. The fourth-order valence-corrected chi connectivity index (χ4v) is 8.41. The molecule has 0 unspecified atom stereocenters. The maximum Gasteiger partial charge on any atom is 0.137 e. The van der Waals surface area contributed by atoms with E-state index in [0.29, 0.717) is 0 Å². The quantitative estimate of drug-likeness (QED) is 0.172. The summed E-state index contributed by atoms with van der Waals surface area (Å²) in [7, 11) is 0. The number of fused-ring (bicyclic) bond motifs is 8. The first-order valence-electron chi connectivity index (χ1n) is 18.8. The van der Waals surface area contributed by atoms with E-state index in [4.69, 9.17) is 4.42 Å². The van der Waals surface area contributed by atoms with E-state index >= 15 is 0 Å². The van der Waals surface area contributed by atoms with Gasteiger partial charge in [0.05, 0.1) is 16.7 Å². The van der Waals surface area contributed by atoms with Gasteiger partial charge >= 0.3 is 0 Å². The molecule has 8 aromatic carbocycles. The zero-order valence-electron chi connectivity index (χ0n) is 29.9. The molecule has 3 heterocycles. The predicted molar refractivity (Wildman–Crippen MR) is 231 cm³/mol. The van der Waals surface area contributed by atoms with Crippen LogP contribution in [0.3, 0.4) is 0 Å². The third-order valence-corrected chi connectivity index (χ3v) is 11.0. The number of aromatic nitrogens is 1. The molecule has 11 aromatic rings. The normalized spacial score (nSPS) is 11.6. The third kappa shape index (κ3) is 5.13. The van der Waals surface area contributed by atoms with Gasteiger partial charge in [-0.3, -0.25) is 0 Å². The van der Waals surface area contributed by atoms with Crippen LogP contribution in [0, 0.1) is 0 Å². The van der Waals surface area contributed by atoms with Gasteiger partial charge in [0.1, 0.15) is 11.2 Å². The van der Waals surface area contributed by atoms with Gasteiger partial charge in [-0.25, -0.2) is 0 Å². The number of hydrogen-bond acceptors (Lipinski definition) is 2. The van der Waals surface area contributed by atoms with E-state index in [2.05, 4.69) is 204 Å². The van der Waals surface area contributed by atoms with E-state index in [-0.39, 0.29) is 0 Å². The van der Waals surface area contributed by atoms with Crippen molar-refractivity contribution in [2.45, 2.75) is 0 Å². The Labute approximate surface area is 318 Å². The molecule has 55 heavy (non-hydrogen) atoms. The van der Waals surface area contributed by atoms with Crippen molar-refractivity contribution in [3.63, 3.8) is 0 Å². The van der Waals surface area contributed by atoms with Gasteiger partial charge in [0.15, 0.2) is 0 Å². The van der Waals surface area contributed by atoms with Crippen LogP contribution in [0.25, 0.3) is 82.5 Å². The summed E-state index contributed by atoms with van der Waals surface area (Å²) in [6.45, 7) is 0. The Bertz CT molecular complexity index is 3180. The van der Waals surface area contributed by atoms with Crippen LogP contribution in [0.15, 0.2) is 211 Å². The highest BCUT2D eigenvalue weighted by Gasteiger charge is 2.23. The minimum Gasteiger partial charge on any atom is -0.456 e. The van der Waals surface area contributed by atoms with Gasteiger partial charge in [0, 0.05) is 56.1 Å². The Hall–Kier alpha value is -7.36. The van der Waals surface area contributed by atoms with Crippen LogP contribution in [0.4, 0.5) is 17.1 Å². The molecule has 3 nitrogen and oxygen atoms in total. The minimum atomic E-state index is 0.863. The van der Waals surface area contributed by atoms with E-state index < -0.39 is 0 Å². The first-order chi connectivity index (χ1) is 27.3. The van der Waals surface area contributed by atoms with E-state index in [1.54, 1.807) is 0 Å². The van der Waals surface area contributed by atoms with Crippen molar-refractivity contribution in [1.82, 2.24) is 4.40 Å². The molecule has 0 spiro atoms. The minimum absolute atomic E-state index is 0.863. The number of rotatable bonds is 6. The lowest BCUT2D eigenvalue weighted by atomic mass is 9.99. The Morgan fingerprint density at radius 3 is 1.58 bits per heavy atom.